The van der Waals surface area contributed by atoms with Gasteiger partial charge in [0, 0.05) is 18.7 Å². The highest BCUT2D eigenvalue weighted by Gasteiger charge is 2.36. The van der Waals surface area contributed by atoms with Gasteiger partial charge in [-0.15, -0.1) is 0 Å². The van der Waals surface area contributed by atoms with Gasteiger partial charge in [0.25, 0.3) is 5.91 Å². The van der Waals surface area contributed by atoms with E-state index in [1.54, 1.807) is 32.9 Å². The number of ether oxygens (including phenoxy) is 1. The van der Waals surface area contributed by atoms with Crippen molar-refractivity contribution in [1.82, 2.24) is 10.2 Å². The van der Waals surface area contributed by atoms with Gasteiger partial charge < -0.3 is 25.4 Å². The maximum atomic E-state index is 14.3. The molecule has 0 aliphatic heterocycles. The highest BCUT2D eigenvalue weighted by Crippen LogP contribution is 2.27. The van der Waals surface area contributed by atoms with Gasteiger partial charge in [0.1, 0.15) is 23.4 Å². The van der Waals surface area contributed by atoms with Crippen LogP contribution in [0.3, 0.4) is 0 Å². The molecule has 8 heteroatoms. The molecule has 3 amide bonds. The number of benzene rings is 3. The van der Waals surface area contributed by atoms with E-state index in [0.29, 0.717) is 17.7 Å². The molecule has 0 spiro atoms. The smallest absolute Gasteiger partial charge is 0.408 e. The minimum Gasteiger partial charge on any atom is -0.508 e. The predicted molar refractivity (Wildman–Crippen MR) is 161 cm³/mol. The van der Waals surface area contributed by atoms with Gasteiger partial charge >= 0.3 is 6.09 Å². The summed E-state index contributed by atoms with van der Waals surface area (Å²) in [5, 5.41) is 15.5. The molecule has 0 saturated carbocycles. The Bertz CT molecular complexity index is 1330. The van der Waals surface area contributed by atoms with Gasteiger partial charge in [0.05, 0.1) is 0 Å². The van der Waals surface area contributed by atoms with E-state index in [1.807, 2.05) is 69.3 Å². The van der Waals surface area contributed by atoms with Crippen molar-refractivity contribution in [2.24, 2.45) is 0 Å². The SMILES string of the molecule is CCCN(C(=O)C(Cc1ccc(O)cc1)NC(=O)OC(C)(C)C)C(C(=O)Nc1ccccc1C)c1ccc(C)cc1. The van der Waals surface area contributed by atoms with E-state index < -0.39 is 29.7 Å². The number of hydrogen-bond acceptors (Lipinski definition) is 5. The fourth-order valence-electron chi connectivity index (χ4n) is 4.46. The Morgan fingerprint density at radius 2 is 1.56 bits per heavy atom. The van der Waals surface area contributed by atoms with Crippen LogP contribution in [0.5, 0.6) is 5.75 Å². The molecule has 2 unspecified atom stereocenters. The van der Waals surface area contributed by atoms with E-state index in [9.17, 15) is 19.5 Å². The van der Waals surface area contributed by atoms with E-state index >= 15 is 0 Å². The predicted octanol–water partition coefficient (Wildman–Crippen LogP) is 6.06. The van der Waals surface area contributed by atoms with Crippen molar-refractivity contribution in [3.05, 3.63) is 95.1 Å². The number of para-hydroxylation sites is 1. The summed E-state index contributed by atoms with van der Waals surface area (Å²) in [4.78, 5) is 42.7. The minimum atomic E-state index is -1.03. The summed E-state index contributed by atoms with van der Waals surface area (Å²) in [6.45, 7) is 11.3. The van der Waals surface area contributed by atoms with Crippen molar-refractivity contribution in [2.45, 2.75) is 72.1 Å². The molecule has 0 aromatic heterocycles. The maximum Gasteiger partial charge on any atom is 0.408 e. The number of phenolic OH excluding ortho intramolecular Hbond substituents is 1. The van der Waals surface area contributed by atoms with E-state index in [2.05, 4.69) is 10.6 Å². The number of carbonyl (C=O) groups excluding carboxylic acids is 3. The maximum absolute atomic E-state index is 14.3. The van der Waals surface area contributed by atoms with Crippen LogP contribution in [0.15, 0.2) is 72.8 Å². The van der Waals surface area contributed by atoms with E-state index in [-0.39, 0.29) is 24.6 Å². The molecule has 0 aliphatic rings. The second kappa shape index (κ2) is 13.8. The number of aromatic hydroxyl groups is 1. The average molecular weight is 560 g/mol. The summed E-state index contributed by atoms with van der Waals surface area (Å²) in [5.41, 5.74) is 3.20. The standard InChI is InChI=1S/C33H41N3O5/c1-7-20-36(29(25-16-12-22(2)13-17-25)30(38)34-27-11-9-8-10-23(27)3)31(39)28(35-32(40)41-33(4,5)6)21-24-14-18-26(37)19-15-24/h8-19,28-29,37H,7,20-21H2,1-6H3,(H,34,38)(H,35,40). The Labute approximate surface area is 242 Å². The summed E-state index contributed by atoms with van der Waals surface area (Å²) in [6.07, 6.45) is -0.00904. The number of nitrogens with zero attached hydrogens (tertiary/aromatic N) is 1. The molecular weight excluding hydrogens is 518 g/mol. The van der Waals surface area contributed by atoms with Gasteiger partial charge in [-0.25, -0.2) is 4.79 Å². The minimum absolute atomic E-state index is 0.0941. The number of carbonyl (C=O) groups is 3. The highest BCUT2D eigenvalue weighted by atomic mass is 16.6. The van der Waals surface area contributed by atoms with Crippen molar-refractivity contribution in [2.75, 3.05) is 11.9 Å². The lowest BCUT2D eigenvalue weighted by Crippen LogP contribution is -2.53. The Morgan fingerprint density at radius 1 is 0.927 bits per heavy atom. The molecule has 3 N–H and O–H groups in total. The molecule has 3 aromatic carbocycles. The molecule has 41 heavy (non-hydrogen) atoms. The third kappa shape index (κ3) is 9.10. The monoisotopic (exact) mass is 559 g/mol. The van der Waals surface area contributed by atoms with Crippen LogP contribution in [0.2, 0.25) is 0 Å². The number of alkyl carbamates (subject to hydrolysis) is 1. The largest absolute Gasteiger partial charge is 0.508 e. The molecule has 2 atom stereocenters. The zero-order chi connectivity index (χ0) is 30.2. The van der Waals surface area contributed by atoms with Crippen molar-refractivity contribution in [3.63, 3.8) is 0 Å². The quantitative estimate of drug-likeness (QED) is 0.280. The van der Waals surface area contributed by atoms with Crippen LogP contribution in [-0.2, 0) is 20.7 Å². The van der Waals surface area contributed by atoms with Gasteiger partial charge in [-0.1, -0.05) is 67.1 Å². The van der Waals surface area contributed by atoms with E-state index in [0.717, 1.165) is 16.7 Å². The van der Waals surface area contributed by atoms with Gasteiger partial charge in [-0.05, 0) is 75.9 Å². The summed E-state index contributed by atoms with van der Waals surface area (Å²) < 4.78 is 5.47. The molecule has 0 fully saturated rings. The van der Waals surface area contributed by atoms with Crippen molar-refractivity contribution < 1.29 is 24.2 Å². The molecule has 0 heterocycles. The Morgan fingerprint density at radius 3 is 2.15 bits per heavy atom. The highest BCUT2D eigenvalue weighted by molar-refractivity contribution is 5.99. The first-order chi connectivity index (χ1) is 19.4. The molecule has 218 valence electrons. The van der Waals surface area contributed by atoms with Crippen LogP contribution in [-0.4, -0.2) is 46.1 Å². The number of amides is 3. The fraction of sp³-hybridized carbons (Fsp3) is 0.364. The van der Waals surface area contributed by atoms with Crippen molar-refractivity contribution in [1.29, 1.82) is 0 Å². The lowest BCUT2D eigenvalue weighted by molar-refractivity contribution is -0.140. The van der Waals surface area contributed by atoms with Crippen LogP contribution in [0.25, 0.3) is 0 Å². The van der Waals surface area contributed by atoms with Crippen LogP contribution in [0.1, 0.15) is 62.4 Å². The summed E-state index contributed by atoms with van der Waals surface area (Å²) >= 11 is 0. The third-order valence-electron chi connectivity index (χ3n) is 6.47. The number of phenols is 1. The van der Waals surface area contributed by atoms with Crippen molar-refractivity contribution >= 4 is 23.6 Å². The van der Waals surface area contributed by atoms with Gasteiger partial charge in [0.2, 0.25) is 5.91 Å². The summed E-state index contributed by atoms with van der Waals surface area (Å²) in [5.74, 6) is -0.682. The van der Waals surface area contributed by atoms with Crippen LogP contribution >= 0.6 is 0 Å². The second-order valence-electron chi connectivity index (χ2n) is 11.2. The second-order valence-corrected chi connectivity index (χ2v) is 11.2. The average Bonchev–Trinajstić information content (AvgIpc) is 2.90. The molecule has 8 nitrogen and oxygen atoms in total. The zero-order valence-electron chi connectivity index (χ0n) is 24.7. The third-order valence-corrected chi connectivity index (χ3v) is 6.47. The van der Waals surface area contributed by atoms with Crippen LogP contribution < -0.4 is 10.6 Å². The fourth-order valence-corrected chi connectivity index (χ4v) is 4.46. The molecule has 0 radical (unpaired) electrons. The normalized spacial score (nSPS) is 12.6. The van der Waals surface area contributed by atoms with Gasteiger partial charge in [0.15, 0.2) is 0 Å². The van der Waals surface area contributed by atoms with Gasteiger partial charge in [-0.2, -0.15) is 0 Å². The molecule has 3 aromatic rings. The first-order valence-corrected chi connectivity index (χ1v) is 13.9. The molecular formula is C33H41N3O5. The van der Waals surface area contributed by atoms with Crippen LogP contribution in [0.4, 0.5) is 10.5 Å². The lowest BCUT2D eigenvalue weighted by atomic mass is 9.99. The Kier molecular flexibility index (Phi) is 10.5. The molecule has 3 rings (SSSR count). The molecule has 0 aliphatic carbocycles. The first-order valence-electron chi connectivity index (χ1n) is 13.9. The number of rotatable bonds is 10. The zero-order valence-corrected chi connectivity index (χ0v) is 24.7. The number of hydrogen-bond donors (Lipinski definition) is 3. The summed E-state index contributed by atoms with van der Waals surface area (Å²) in [7, 11) is 0. The van der Waals surface area contributed by atoms with Gasteiger partial charge in [-0.3, -0.25) is 9.59 Å². The lowest BCUT2D eigenvalue weighted by Gasteiger charge is -2.34. The summed E-state index contributed by atoms with van der Waals surface area (Å²) in [6, 6.07) is 19.4. The molecule has 0 bridgehead atoms. The Hall–Kier alpha value is -4.33. The van der Waals surface area contributed by atoms with E-state index in [1.165, 1.54) is 17.0 Å². The number of aryl methyl sites for hydroxylation is 2. The van der Waals surface area contributed by atoms with Crippen molar-refractivity contribution in [3.8, 4) is 5.75 Å². The first kappa shape index (κ1) is 31.2. The Balaban J connectivity index is 2.03. The van der Waals surface area contributed by atoms with Crippen LogP contribution in [0, 0.1) is 13.8 Å². The number of anilines is 1. The topological polar surface area (TPSA) is 108 Å². The number of nitrogens with one attached hydrogen (secondary N) is 2. The molecule has 0 saturated heterocycles. The van der Waals surface area contributed by atoms with E-state index in [4.69, 9.17) is 4.74 Å².